The van der Waals surface area contributed by atoms with Gasteiger partial charge in [0.25, 0.3) is 0 Å². The summed E-state index contributed by atoms with van der Waals surface area (Å²) in [5.74, 6) is 0. The fraction of sp³-hybridized carbons (Fsp3) is 0.417. The smallest absolute Gasteiger partial charge is 0.106 e. The van der Waals surface area contributed by atoms with Gasteiger partial charge in [-0.2, -0.15) is 0 Å². The lowest BCUT2D eigenvalue weighted by Crippen LogP contribution is -2.17. The molecule has 2 rings (SSSR count). The van der Waals surface area contributed by atoms with Crippen molar-refractivity contribution in [1.29, 1.82) is 0 Å². The lowest BCUT2D eigenvalue weighted by molar-refractivity contribution is 0.611. The second-order valence-corrected chi connectivity index (χ2v) is 5.59. The summed E-state index contributed by atoms with van der Waals surface area (Å²) in [5.41, 5.74) is 7.91. The molecule has 1 aromatic carbocycles. The third-order valence-electron chi connectivity index (χ3n) is 3.06. The average Bonchev–Trinajstić information content (AvgIpc) is 2.94. The first-order valence-electron chi connectivity index (χ1n) is 5.33. The van der Waals surface area contributed by atoms with Crippen molar-refractivity contribution >= 4 is 34.5 Å². The Morgan fingerprint density at radius 2 is 2.25 bits per heavy atom. The van der Waals surface area contributed by atoms with Crippen LogP contribution in [0, 0.1) is 5.41 Å². The Bertz CT molecular complexity index is 427. The summed E-state index contributed by atoms with van der Waals surface area (Å²) in [5, 5.41) is 4.08. The van der Waals surface area contributed by atoms with Crippen molar-refractivity contribution in [2.45, 2.75) is 19.8 Å². The van der Waals surface area contributed by atoms with Gasteiger partial charge in [-0.1, -0.05) is 30.7 Å². The standard InChI is InChI=1S/C12H15ClN2S/c1-12(4-5-12)7-15-10-6-8(13)2-3-9(10)11(14)16/h2-3,6,15H,4-5,7H2,1H3,(H2,14,16). The number of thiocarbonyl (C=S) groups is 1. The molecule has 4 heteroatoms. The first kappa shape index (κ1) is 11.7. The second-order valence-electron chi connectivity index (χ2n) is 4.72. The van der Waals surface area contributed by atoms with Crippen LogP contribution in [-0.4, -0.2) is 11.5 Å². The molecular weight excluding hydrogens is 240 g/mol. The Morgan fingerprint density at radius 1 is 1.56 bits per heavy atom. The van der Waals surface area contributed by atoms with Crippen LogP contribution in [0.5, 0.6) is 0 Å². The molecule has 0 bridgehead atoms. The fourth-order valence-electron chi connectivity index (χ4n) is 1.58. The topological polar surface area (TPSA) is 38.0 Å². The molecule has 1 saturated carbocycles. The van der Waals surface area contributed by atoms with E-state index in [0.29, 0.717) is 15.4 Å². The highest BCUT2D eigenvalue weighted by atomic mass is 35.5. The first-order chi connectivity index (χ1) is 7.50. The summed E-state index contributed by atoms with van der Waals surface area (Å²) in [4.78, 5) is 0.403. The minimum Gasteiger partial charge on any atom is -0.389 e. The van der Waals surface area contributed by atoms with Crippen LogP contribution in [0.1, 0.15) is 25.3 Å². The average molecular weight is 255 g/mol. The van der Waals surface area contributed by atoms with Crippen molar-refractivity contribution in [1.82, 2.24) is 0 Å². The Hall–Kier alpha value is -0.800. The van der Waals surface area contributed by atoms with Crippen LogP contribution in [0.2, 0.25) is 5.02 Å². The Balaban J connectivity index is 2.16. The van der Waals surface area contributed by atoms with Gasteiger partial charge in [0.2, 0.25) is 0 Å². The highest BCUT2D eigenvalue weighted by molar-refractivity contribution is 7.80. The van der Waals surface area contributed by atoms with E-state index in [1.807, 2.05) is 12.1 Å². The SMILES string of the molecule is CC1(CNc2cc(Cl)ccc2C(N)=S)CC1. The number of nitrogens with one attached hydrogen (secondary N) is 1. The molecule has 1 aliphatic rings. The number of benzene rings is 1. The van der Waals surface area contributed by atoms with E-state index in [-0.39, 0.29) is 0 Å². The molecule has 0 aliphatic heterocycles. The van der Waals surface area contributed by atoms with Crippen molar-refractivity contribution < 1.29 is 0 Å². The number of nitrogens with two attached hydrogens (primary N) is 1. The first-order valence-corrected chi connectivity index (χ1v) is 6.12. The molecular formula is C12H15ClN2S. The van der Waals surface area contributed by atoms with Gasteiger partial charge in [-0.25, -0.2) is 0 Å². The highest BCUT2D eigenvalue weighted by Crippen LogP contribution is 2.44. The van der Waals surface area contributed by atoms with Crippen LogP contribution < -0.4 is 11.1 Å². The molecule has 1 fully saturated rings. The van der Waals surface area contributed by atoms with Gasteiger partial charge in [0, 0.05) is 22.8 Å². The molecule has 0 radical (unpaired) electrons. The minimum atomic E-state index is 0.403. The van der Waals surface area contributed by atoms with E-state index in [2.05, 4.69) is 12.2 Å². The van der Waals surface area contributed by atoms with Crippen LogP contribution in [0.15, 0.2) is 18.2 Å². The second kappa shape index (κ2) is 4.22. The van der Waals surface area contributed by atoms with E-state index in [1.54, 1.807) is 6.07 Å². The predicted octanol–water partition coefficient (Wildman–Crippen LogP) is 3.19. The van der Waals surface area contributed by atoms with Crippen molar-refractivity contribution in [2.75, 3.05) is 11.9 Å². The van der Waals surface area contributed by atoms with Crippen LogP contribution in [0.4, 0.5) is 5.69 Å². The Labute approximate surface area is 106 Å². The van der Waals surface area contributed by atoms with E-state index in [4.69, 9.17) is 29.6 Å². The van der Waals surface area contributed by atoms with Gasteiger partial charge in [-0.05, 0) is 36.5 Å². The monoisotopic (exact) mass is 254 g/mol. The number of hydrogen-bond acceptors (Lipinski definition) is 2. The summed E-state index contributed by atoms with van der Waals surface area (Å²) in [6.45, 7) is 3.22. The zero-order valence-corrected chi connectivity index (χ0v) is 10.8. The maximum absolute atomic E-state index is 5.96. The number of hydrogen-bond donors (Lipinski definition) is 2. The minimum absolute atomic E-state index is 0.403. The Morgan fingerprint density at radius 3 is 2.81 bits per heavy atom. The van der Waals surface area contributed by atoms with Crippen molar-refractivity contribution in [3.05, 3.63) is 28.8 Å². The summed E-state index contributed by atoms with van der Waals surface area (Å²) >= 11 is 11.0. The lowest BCUT2D eigenvalue weighted by Gasteiger charge is -2.14. The van der Waals surface area contributed by atoms with Crippen LogP contribution in [0.25, 0.3) is 0 Å². The van der Waals surface area contributed by atoms with Crippen LogP contribution in [-0.2, 0) is 0 Å². The van der Waals surface area contributed by atoms with Crippen LogP contribution in [0.3, 0.4) is 0 Å². The Kier molecular flexibility index (Phi) is 3.08. The summed E-state index contributed by atoms with van der Waals surface area (Å²) in [6.07, 6.45) is 2.56. The lowest BCUT2D eigenvalue weighted by atomic mass is 10.1. The quantitative estimate of drug-likeness (QED) is 0.811. The number of anilines is 1. The largest absolute Gasteiger partial charge is 0.389 e. The van der Waals surface area contributed by atoms with E-state index in [9.17, 15) is 0 Å². The molecule has 0 unspecified atom stereocenters. The fourth-order valence-corrected chi connectivity index (χ4v) is 1.93. The normalized spacial score (nSPS) is 16.9. The van der Waals surface area contributed by atoms with Gasteiger partial charge < -0.3 is 11.1 Å². The summed E-state index contributed by atoms with van der Waals surface area (Å²) < 4.78 is 0. The van der Waals surface area contributed by atoms with Crippen LogP contribution >= 0.6 is 23.8 Å². The zero-order valence-electron chi connectivity index (χ0n) is 9.22. The third-order valence-corrected chi connectivity index (χ3v) is 3.51. The molecule has 0 saturated heterocycles. The van der Waals surface area contributed by atoms with E-state index < -0.39 is 0 Å². The number of halogens is 1. The van der Waals surface area contributed by atoms with Gasteiger partial charge in [0.05, 0.1) is 0 Å². The maximum atomic E-state index is 5.96. The summed E-state index contributed by atoms with van der Waals surface area (Å²) in [6, 6.07) is 5.55. The molecule has 0 heterocycles. The van der Waals surface area contributed by atoms with Gasteiger partial charge in [0.15, 0.2) is 0 Å². The van der Waals surface area contributed by atoms with Gasteiger partial charge in [-0.15, -0.1) is 0 Å². The highest BCUT2D eigenvalue weighted by Gasteiger charge is 2.36. The molecule has 2 nitrogen and oxygen atoms in total. The van der Waals surface area contributed by atoms with Crippen molar-refractivity contribution in [3.8, 4) is 0 Å². The molecule has 1 aromatic rings. The molecule has 86 valence electrons. The molecule has 3 N–H and O–H groups in total. The van der Waals surface area contributed by atoms with Gasteiger partial charge in [-0.3, -0.25) is 0 Å². The summed E-state index contributed by atoms with van der Waals surface area (Å²) in [7, 11) is 0. The third kappa shape index (κ3) is 2.66. The molecule has 0 aromatic heterocycles. The molecule has 16 heavy (non-hydrogen) atoms. The zero-order chi connectivity index (χ0) is 11.8. The van der Waals surface area contributed by atoms with E-state index in [1.165, 1.54) is 12.8 Å². The number of rotatable bonds is 4. The van der Waals surface area contributed by atoms with Crippen molar-refractivity contribution in [3.63, 3.8) is 0 Å². The molecule has 0 atom stereocenters. The molecule has 0 spiro atoms. The van der Waals surface area contributed by atoms with Gasteiger partial charge >= 0.3 is 0 Å². The van der Waals surface area contributed by atoms with E-state index in [0.717, 1.165) is 17.8 Å². The maximum Gasteiger partial charge on any atom is 0.106 e. The van der Waals surface area contributed by atoms with E-state index >= 15 is 0 Å². The van der Waals surface area contributed by atoms with Gasteiger partial charge in [0.1, 0.15) is 4.99 Å². The molecule has 1 aliphatic carbocycles. The predicted molar refractivity (Wildman–Crippen MR) is 73.2 cm³/mol. The van der Waals surface area contributed by atoms with Crippen molar-refractivity contribution in [2.24, 2.45) is 11.1 Å². The molecule has 0 amide bonds.